The second-order valence-corrected chi connectivity index (χ2v) is 6.59. The van der Waals surface area contributed by atoms with Crippen LogP contribution in [0.15, 0.2) is 42.5 Å². The fourth-order valence-corrected chi connectivity index (χ4v) is 3.32. The standard InChI is InChI=1S/C15H11IN2O2S/c1-20-11-5-6-12-13(8-11)21-15(17-12)18-14(19)9-3-2-4-10(16)7-9/h2-8H,1H3,(H,17,18,19). The monoisotopic (exact) mass is 410 g/mol. The Balaban J connectivity index is 1.86. The van der Waals surface area contributed by atoms with Gasteiger partial charge in [0, 0.05) is 9.13 Å². The van der Waals surface area contributed by atoms with Crippen LogP contribution in [0.2, 0.25) is 0 Å². The zero-order valence-corrected chi connectivity index (χ0v) is 14.1. The first-order valence-corrected chi connectivity index (χ1v) is 8.07. The molecule has 0 aliphatic carbocycles. The molecule has 0 bridgehead atoms. The van der Waals surface area contributed by atoms with E-state index < -0.39 is 0 Å². The predicted molar refractivity (Wildman–Crippen MR) is 93.3 cm³/mol. The van der Waals surface area contributed by atoms with Gasteiger partial charge in [0.2, 0.25) is 0 Å². The van der Waals surface area contributed by atoms with Gasteiger partial charge in [-0.15, -0.1) is 0 Å². The summed E-state index contributed by atoms with van der Waals surface area (Å²) in [5.74, 6) is 0.626. The lowest BCUT2D eigenvalue weighted by atomic mass is 10.2. The van der Waals surface area contributed by atoms with E-state index in [1.807, 2.05) is 36.4 Å². The summed E-state index contributed by atoms with van der Waals surface area (Å²) in [5.41, 5.74) is 1.47. The Morgan fingerprint density at radius 2 is 2.14 bits per heavy atom. The van der Waals surface area contributed by atoms with E-state index in [1.54, 1.807) is 13.2 Å². The maximum absolute atomic E-state index is 12.2. The first-order valence-electron chi connectivity index (χ1n) is 6.17. The zero-order valence-electron chi connectivity index (χ0n) is 11.1. The molecule has 1 heterocycles. The van der Waals surface area contributed by atoms with Crippen molar-refractivity contribution < 1.29 is 9.53 Å². The summed E-state index contributed by atoms with van der Waals surface area (Å²) in [4.78, 5) is 16.6. The van der Waals surface area contributed by atoms with E-state index in [1.165, 1.54) is 11.3 Å². The maximum atomic E-state index is 12.2. The summed E-state index contributed by atoms with van der Waals surface area (Å²) in [6.07, 6.45) is 0. The van der Waals surface area contributed by atoms with Crippen molar-refractivity contribution in [3.8, 4) is 5.75 Å². The van der Waals surface area contributed by atoms with Crippen LogP contribution in [0, 0.1) is 3.57 Å². The normalized spacial score (nSPS) is 10.6. The van der Waals surface area contributed by atoms with Crippen molar-refractivity contribution >= 4 is 55.2 Å². The number of amides is 1. The second kappa shape index (κ2) is 5.98. The van der Waals surface area contributed by atoms with Crippen molar-refractivity contribution in [3.05, 3.63) is 51.6 Å². The van der Waals surface area contributed by atoms with Crippen LogP contribution in [-0.4, -0.2) is 18.0 Å². The molecule has 0 saturated heterocycles. The number of aromatic nitrogens is 1. The van der Waals surface area contributed by atoms with Gasteiger partial charge >= 0.3 is 0 Å². The summed E-state index contributed by atoms with van der Waals surface area (Å²) < 4.78 is 7.19. The van der Waals surface area contributed by atoms with Crippen LogP contribution in [0.1, 0.15) is 10.4 Å². The van der Waals surface area contributed by atoms with E-state index >= 15 is 0 Å². The molecule has 0 unspecified atom stereocenters. The number of nitrogens with one attached hydrogen (secondary N) is 1. The number of anilines is 1. The molecule has 1 aromatic heterocycles. The highest BCUT2D eigenvalue weighted by molar-refractivity contribution is 14.1. The molecule has 3 rings (SSSR count). The summed E-state index contributed by atoms with van der Waals surface area (Å²) >= 11 is 3.61. The molecule has 0 radical (unpaired) electrons. The molecule has 4 nitrogen and oxygen atoms in total. The third-order valence-electron chi connectivity index (χ3n) is 2.90. The van der Waals surface area contributed by atoms with Gasteiger partial charge in [0.15, 0.2) is 5.13 Å². The summed E-state index contributed by atoms with van der Waals surface area (Å²) in [6.45, 7) is 0. The molecule has 6 heteroatoms. The molecule has 0 aliphatic rings. The minimum Gasteiger partial charge on any atom is -0.497 e. The summed E-state index contributed by atoms with van der Waals surface area (Å²) in [5, 5.41) is 3.42. The average molecular weight is 410 g/mol. The van der Waals surface area contributed by atoms with E-state index in [4.69, 9.17) is 4.74 Å². The molecule has 106 valence electrons. The third kappa shape index (κ3) is 3.16. The smallest absolute Gasteiger partial charge is 0.257 e. The molecule has 0 aliphatic heterocycles. The second-order valence-electron chi connectivity index (χ2n) is 4.32. The number of ether oxygens (including phenoxy) is 1. The van der Waals surface area contributed by atoms with Crippen molar-refractivity contribution in [3.63, 3.8) is 0 Å². The molecule has 0 saturated carbocycles. The fraction of sp³-hybridized carbons (Fsp3) is 0.0667. The quantitative estimate of drug-likeness (QED) is 0.660. The number of thiazole rings is 1. The van der Waals surface area contributed by atoms with Crippen molar-refractivity contribution in [2.24, 2.45) is 0 Å². The molecular weight excluding hydrogens is 399 g/mol. The highest BCUT2D eigenvalue weighted by Crippen LogP contribution is 2.29. The van der Waals surface area contributed by atoms with Gasteiger partial charge in [-0.05, 0) is 59.0 Å². The minimum atomic E-state index is -0.153. The molecule has 3 aromatic rings. The number of halogens is 1. The number of rotatable bonds is 3. The molecule has 1 N–H and O–H groups in total. The molecule has 21 heavy (non-hydrogen) atoms. The van der Waals surface area contributed by atoms with Crippen LogP contribution >= 0.6 is 33.9 Å². The third-order valence-corrected chi connectivity index (χ3v) is 4.51. The Morgan fingerprint density at radius 3 is 2.90 bits per heavy atom. The number of carbonyl (C=O) groups excluding carboxylic acids is 1. The molecule has 1 amide bonds. The lowest BCUT2D eigenvalue weighted by molar-refractivity contribution is 0.102. The average Bonchev–Trinajstić information content (AvgIpc) is 2.88. The van der Waals surface area contributed by atoms with Crippen LogP contribution in [0.3, 0.4) is 0 Å². The number of fused-ring (bicyclic) bond motifs is 1. The molecule has 0 spiro atoms. The lowest BCUT2D eigenvalue weighted by Crippen LogP contribution is -2.11. The maximum Gasteiger partial charge on any atom is 0.257 e. The number of methoxy groups -OCH3 is 1. The van der Waals surface area contributed by atoms with E-state index in [-0.39, 0.29) is 5.91 Å². The van der Waals surface area contributed by atoms with Gasteiger partial charge < -0.3 is 4.74 Å². The fourth-order valence-electron chi connectivity index (χ4n) is 1.88. The van der Waals surface area contributed by atoms with Gasteiger partial charge in [-0.1, -0.05) is 17.4 Å². The van der Waals surface area contributed by atoms with Crippen LogP contribution in [-0.2, 0) is 0 Å². The van der Waals surface area contributed by atoms with E-state index in [0.717, 1.165) is 19.5 Å². The Bertz CT molecular complexity index is 816. The number of carbonyl (C=O) groups is 1. The minimum absolute atomic E-state index is 0.153. The summed E-state index contributed by atoms with van der Waals surface area (Å²) in [6, 6.07) is 13.1. The molecule has 0 atom stereocenters. The number of benzene rings is 2. The Labute approximate surface area is 139 Å². The molecular formula is C15H11IN2O2S. The van der Waals surface area contributed by atoms with Crippen LogP contribution < -0.4 is 10.1 Å². The predicted octanol–water partition coefficient (Wildman–Crippen LogP) is 4.16. The SMILES string of the molecule is COc1ccc2nc(NC(=O)c3cccc(I)c3)sc2c1. The van der Waals surface area contributed by atoms with Crippen molar-refractivity contribution in [2.45, 2.75) is 0 Å². The van der Waals surface area contributed by atoms with Gasteiger partial charge in [-0.3, -0.25) is 10.1 Å². The van der Waals surface area contributed by atoms with Gasteiger partial charge in [0.25, 0.3) is 5.91 Å². The van der Waals surface area contributed by atoms with Gasteiger partial charge in [-0.2, -0.15) is 0 Å². The number of nitrogens with zero attached hydrogens (tertiary/aromatic N) is 1. The number of hydrogen-bond acceptors (Lipinski definition) is 4. The van der Waals surface area contributed by atoms with Crippen molar-refractivity contribution in [1.29, 1.82) is 0 Å². The van der Waals surface area contributed by atoms with Gasteiger partial charge in [0.05, 0.1) is 17.3 Å². The first kappa shape index (κ1) is 14.3. The molecule has 2 aromatic carbocycles. The first-order chi connectivity index (χ1) is 10.2. The molecule has 0 fully saturated rings. The van der Waals surface area contributed by atoms with Crippen LogP contribution in [0.4, 0.5) is 5.13 Å². The summed E-state index contributed by atoms with van der Waals surface area (Å²) in [7, 11) is 1.63. The van der Waals surface area contributed by atoms with E-state index in [9.17, 15) is 4.79 Å². The largest absolute Gasteiger partial charge is 0.497 e. The number of hydrogen-bond donors (Lipinski definition) is 1. The van der Waals surface area contributed by atoms with Crippen molar-refractivity contribution in [1.82, 2.24) is 4.98 Å². The Morgan fingerprint density at radius 1 is 1.29 bits per heavy atom. The van der Waals surface area contributed by atoms with Gasteiger partial charge in [-0.25, -0.2) is 4.98 Å². The Kier molecular flexibility index (Phi) is 4.07. The van der Waals surface area contributed by atoms with E-state index in [0.29, 0.717) is 10.7 Å². The van der Waals surface area contributed by atoms with Crippen molar-refractivity contribution in [2.75, 3.05) is 12.4 Å². The van der Waals surface area contributed by atoms with E-state index in [2.05, 4.69) is 32.9 Å². The highest BCUT2D eigenvalue weighted by atomic mass is 127. The van der Waals surface area contributed by atoms with Crippen LogP contribution in [0.5, 0.6) is 5.75 Å². The topological polar surface area (TPSA) is 51.2 Å². The zero-order chi connectivity index (χ0) is 14.8. The highest BCUT2D eigenvalue weighted by Gasteiger charge is 2.10. The lowest BCUT2D eigenvalue weighted by Gasteiger charge is -2.01. The Hall–Kier alpha value is -1.67. The van der Waals surface area contributed by atoms with Gasteiger partial charge in [0.1, 0.15) is 5.75 Å². The van der Waals surface area contributed by atoms with Crippen LogP contribution in [0.25, 0.3) is 10.2 Å².